The van der Waals surface area contributed by atoms with E-state index in [1.165, 1.54) is 9.79 Å². The summed E-state index contributed by atoms with van der Waals surface area (Å²) >= 11 is 1.75. The fourth-order valence-electron chi connectivity index (χ4n) is 3.90. The van der Waals surface area contributed by atoms with Crippen molar-refractivity contribution in [1.29, 1.82) is 0 Å². The quantitative estimate of drug-likeness (QED) is 0.445. The molecule has 2 heterocycles. The summed E-state index contributed by atoms with van der Waals surface area (Å²) in [6.07, 6.45) is 1.87. The minimum absolute atomic E-state index is 0.348. The SMILES string of the molecule is C=C(c1ccc(S(=O)(=O)N2CCCC2)cc1)c1ccc2c(c1)Nc1ccccc1S2. The Balaban J connectivity index is 1.39. The summed E-state index contributed by atoms with van der Waals surface area (Å²) < 4.78 is 27.1. The van der Waals surface area contributed by atoms with Crippen molar-refractivity contribution in [2.75, 3.05) is 18.4 Å². The van der Waals surface area contributed by atoms with Crippen molar-refractivity contribution in [3.8, 4) is 0 Å². The summed E-state index contributed by atoms with van der Waals surface area (Å²) in [6, 6.07) is 21.6. The molecule has 0 amide bonds. The highest BCUT2D eigenvalue weighted by atomic mass is 32.2. The summed E-state index contributed by atoms with van der Waals surface area (Å²) in [6.45, 7) is 5.49. The van der Waals surface area contributed by atoms with E-state index in [0.717, 1.165) is 40.9 Å². The Labute approximate surface area is 181 Å². The Bertz CT molecular complexity index is 1230. The average Bonchev–Trinajstić information content (AvgIpc) is 3.33. The van der Waals surface area contributed by atoms with Crippen LogP contribution < -0.4 is 5.32 Å². The van der Waals surface area contributed by atoms with Gasteiger partial charge in [0.1, 0.15) is 0 Å². The van der Waals surface area contributed by atoms with Crippen molar-refractivity contribution >= 4 is 38.7 Å². The zero-order valence-electron chi connectivity index (χ0n) is 16.5. The van der Waals surface area contributed by atoms with Crippen LogP contribution in [0.2, 0.25) is 0 Å². The molecule has 1 saturated heterocycles. The Hall–Kier alpha value is -2.54. The van der Waals surface area contributed by atoms with Crippen LogP contribution in [-0.2, 0) is 10.0 Å². The number of hydrogen-bond acceptors (Lipinski definition) is 4. The normalized spacial score (nSPS) is 15.9. The molecule has 6 heteroatoms. The molecule has 0 unspecified atom stereocenters. The first-order chi connectivity index (χ1) is 14.5. The number of nitrogens with zero attached hydrogens (tertiary/aromatic N) is 1. The van der Waals surface area contributed by atoms with E-state index in [2.05, 4.69) is 42.2 Å². The van der Waals surface area contributed by atoms with E-state index >= 15 is 0 Å². The van der Waals surface area contributed by atoms with Crippen molar-refractivity contribution in [3.05, 3.63) is 84.4 Å². The van der Waals surface area contributed by atoms with Gasteiger partial charge in [-0.2, -0.15) is 4.31 Å². The van der Waals surface area contributed by atoms with Crippen LogP contribution in [0.3, 0.4) is 0 Å². The van der Waals surface area contributed by atoms with Gasteiger partial charge in [0.25, 0.3) is 0 Å². The Kier molecular flexibility index (Phi) is 4.93. The Morgan fingerprint density at radius 2 is 1.53 bits per heavy atom. The zero-order chi connectivity index (χ0) is 20.7. The maximum Gasteiger partial charge on any atom is 0.243 e. The monoisotopic (exact) mass is 434 g/mol. The molecular weight excluding hydrogens is 412 g/mol. The van der Waals surface area contributed by atoms with Gasteiger partial charge in [-0.1, -0.05) is 48.7 Å². The van der Waals surface area contributed by atoms with E-state index in [1.807, 2.05) is 24.3 Å². The molecule has 1 fully saturated rings. The van der Waals surface area contributed by atoms with Gasteiger partial charge in [-0.05, 0) is 65.9 Å². The van der Waals surface area contributed by atoms with Gasteiger partial charge in [-0.15, -0.1) is 0 Å². The standard InChI is InChI=1S/C24H22N2O2S2/c1-17(18-8-11-20(12-9-18)30(27,28)26-14-4-5-15-26)19-10-13-24-22(16-19)25-21-6-2-3-7-23(21)29-24/h2-3,6-13,16,25H,1,4-5,14-15H2. The summed E-state index contributed by atoms with van der Waals surface area (Å²) in [5, 5.41) is 3.50. The van der Waals surface area contributed by atoms with E-state index < -0.39 is 10.0 Å². The lowest BCUT2D eigenvalue weighted by molar-refractivity contribution is 0.477. The van der Waals surface area contributed by atoms with Crippen LogP contribution in [0, 0.1) is 0 Å². The lowest BCUT2D eigenvalue weighted by Gasteiger charge is -2.21. The number of nitrogens with one attached hydrogen (secondary N) is 1. The van der Waals surface area contributed by atoms with Gasteiger partial charge in [-0.25, -0.2) is 8.42 Å². The molecule has 0 saturated carbocycles. The van der Waals surface area contributed by atoms with Crippen LogP contribution in [0.15, 0.2) is 88.0 Å². The molecule has 0 spiro atoms. The summed E-state index contributed by atoms with van der Waals surface area (Å²) in [4.78, 5) is 2.74. The van der Waals surface area contributed by atoms with Crippen LogP contribution in [0.25, 0.3) is 5.57 Å². The van der Waals surface area contributed by atoms with Crippen LogP contribution >= 0.6 is 11.8 Å². The molecule has 4 nitrogen and oxygen atoms in total. The van der Waals surface area contributed by atoms with Crippen LogP contribution in [0.4, 0.5) is 11.4 Å². The summed E-state index contributed by atoms with van der Waals surface area (Å²) in [5.74, 6) is 0. The molecule has 2 aliphatic rings. The number of fused-ring (bicyclic) bond motifs is 2. The van der Waals surface area contributed by atoms with Crippen LogP contribution in [0.1, 0.15) is 24.0 Å². The van der Waals surface area contributed by atoms with Crippen molar-refractivity contribution in [2.45, 2.75) is 27.5 Å². The molecule has 30 heavy (non-hydrogen) atoms. The summed E-state index contributed by atoms with van der Waals surface area (Å²) in [5.41, 5.74) is 4.96. The number of rotatable bonds is 4. The van der Waals surface area contributed by atoms with Gasteiger partial charge >= 0.3 is 0 Å². The van der Waals surface area contributed by atoms with Gasteiger partial charge in [0.15, 0.2) is 0 Å². The second kappa shape index (κ2) is 7.61. The second-order valence-electron chi connectivity index (χ2n) is 7.55. The van der Waals surface area contributed by atoms with Crippen LogP contribution in [-0.4, -0.2) is 25.8 Å². The minimum Gasteiger partial charge on any atom is -0.354 e. The maximum atomic E-state index is 12.7. The number of benzene rings is 3. The maximum absolute atomic E-state index is 12.7. The van der Waals surface area contributed by atoms with Crippen molar-refractivity contribution in [1.82, 2.24) is 4.31 Å². The molecule has 2 aliphatic heterocycles. The average molecular weight is 435 g/mol. The molecule has 3 aromatic rings. The largest absolute Gasteiger partial charge is 0.354 e. The zero-order valence-corrected chi connectivity index (χ0v) is 18.1. The Morgan fingerprint density at radius 3 is 2.30 bits per heavy atom. The number of hydrogen-bond donors (Lipinski definition) is 1. The fourth-order valence-corrected chi connectivity index (χ4v) is 6.38. The predicted octanol–water partition coefficient (Wildman–Crippen LogP) is 5.74. The lowest BCUT2D eigenvalue weighted by Crippen LogP contribution is -2.27. The van der Waals surface area contributed by atoms with E-state index in [1.54, 1.807) is 28.2 Å². The molecule has 152 valence electrons. The Morgan fingerprint density at radius 1 is 0.867 bits per heavy atom. The minimum atomic E-state index is -3.40. The first-order valence-electron chi connectivity index (χ1n) is 10.0. The van der Waals surface area contributed by atoms with E-state index in [9.17, 15) is 8.42 Å². The highest BCUT2D eigenvalue weighted by Gasteiger charge is 2.27. The van der Waals surface area contributed by atoms with Gasteiger partial charge < -0.3 is 5.32 Å². The highest BCUT2D eigenvalue weighted by molar-refractivity contribution is 7.99. The van der Waals surface area contributed by atoms with Gasteiger partial charge in [-0.3, -0.25) is 0 Å². The van der Waals surface area contributed by atoms with Gasteiger partial charge in [0.05, 0.1) is 16.3 Å². The molecule has 0 radical (unpaired) electrons. The first-order valence-corrected chi connectivity index (χ1v) is 12.3. The molecule has 0 aliphatic carbocycles. The topological polar surface area (TPSA) is 49.4 Å². The lowest BCUT2D eigenvalue weighted by atomic mass is 9.99. The predicted molar refractivity (Wildman–Crippen MR) is 123 cm³/mol. The first kappa shape index (κ1) is 19.4. The van der Waals surface area contributed by atoms with Crippen LogP contribution in [0.5, 0.6) is 0 Å². The third-order valence-electron chi connectivity index (χ3n) is 5.61. The number of para-hydroxylation sites is 1. The van der Waals surface area contributed by atoms with Crippen molar-refractivity contribution in [3.63, 3.8) is 0 Å². The molecule has 0 bridgehead atoms. The van der Waals surface area contributed by atoms with E-state index in [-0.39, 0.29) is 0 Å². The van der Waals surface area contributed by atoms with Crippen molar-refractivity contribution in [2.24, 2.45) is 0 Å². The third-order valence-corrected chi connectivity index (χ3v) is 8.67. The molecule has 0 atom stereocenters. The fraction of sp³-hybridized carbons (Fsp3) is 0.167. The second-order valence-corrected chi connectivity index (χ2v) is 10.6. The molecule has 0 aromatic heterocycles. The summed E-state index contributed by atoms with van der Waals surface area (Å²) in [7, 11) is -3.40. The van der Waals surface area contributed by atoms with E-state index in [0.29, 0.717) is 18.0 Å². The molecule has 1 N–H and O–H groups in total. The third kappa shape index (κ3) is 3.45. The highest BCUT2D eigenvalue weighted by Crippen LogP contribution is 2.44. The molecule has 5 rings (SSSR count). The molecule has 3 aromatic carbocycles. The number of sulfonamides is 1. The van der Waals surface area contributed by atoms with E-state index in [4.69, 9.17) is 0 Å². The molecular formula is C24H22N2O2S2. The number of anilines is 2. The van der Waals surface area contributed by atoms with Crippen molar-refractivity contribution < 1.29 is 8.42 Å². The van der Waals surface area contributed by atoms with Gasteiger partial charge in [0.2, 0.25) is 10.0 Å². The smallest absolute Gasteiger partial charge is 0.243 e. The van der Waals surface area contributed by atoms with Gasteiger partial charge in [0, 0.05) is 22.9 Å².